The maximum absolute atomic E-state index is 10.2. The van der Waals surface area contributed by atoms with E-state index in [0.29, 0.717) is 6.04 Å². The van der Waals surface area contributed by atoms with Crippen LogP contribution < -0.4 is 0 Å². The summed E-state index contributed by atoms with van der Waals surface area (Å²) in [4.78, 5) is 5.11. The zero-order valence-electron chi connectivity index (χ0n) is 13.7. The predicted octanol–water partition coefficient (Wildman–Crippen LogP) is 2.48. The van der Waals surface area contributed by atoms with Gasteiger partial charge in [-0.1, -0.05) is 0 Å². The van der Waals surface area contributed by atoms with Crippen molar-refractivity contribution in [2.75, 3.05) is 19.6 Å². The molecule has 2 atom stereocenters. The molecule has 0 saturated carbocycles. The van der Waals surface area contributed by atoms with E-state index in [0.717, 1.165) is 19.5 Å². The van der Waals surface area contributed by atoms with E-state index in [-0.39, 0.29) is 11.1 Å². The van der Waals surface area contributed by atoms with Gasteiger partial charge in [-0.05, 0) is 60.8 Å². The Morgan fingerprint density at radius 2 is 1.79 bits per heavy atom. The summed E-state index contributed by atoms with van der Waals surface area (Å²) < 4.78 is 0. The standard InChI is InChI=1S/C16H32N2O/c1-14(2,3)18-9-7-13(18)11-15(4,5)17-10-8-16(6,19)12-17/h13,19H,7-12H2,1-6H3. The molecule has 0 aromatic heterocycles. The fraction of sp³-hybridized carbons (Fsp3) is 1.00. The van der Waals surface area contributed by atoms with Crippen LogP contribution in [0.25, 0.3) is 0 Å². The fourth-order valence-electron chi connectivity index (χ4n) is 3.70. The molecule has 0 spiro atoms. The number of aliphatic hydroxyl groups is 1. The number of likely N-dealkylation sites (tertiary alicyclic amines) is 2. The van der Waals surface area contributed by atoms with Gasteiger partial charge in [0, 0.05) is 36.8 Å². The van der Waals surface area contributed by atoms with Crippen molar-refractivity contribution in [1.29, 1.82) is 0 Å². The molecular weight excluding hydrogens is 236 g/mol. The molecule has 2 saturated heterocycles. The Kier molecular flexibility index (Phi) is 3.79. The van der Waals surface area contributed by atoms with Crippen LogP contribution in [0.1, 0.15) is 60.8 Å². The van der Waals surface area contributed by atoms with Gasteiger partial charge in [0.25, 0.3) is 0 Å². The first-order valence-corrected chi connectivity index (χ1v) is 7.75. The third-order valence-corrected chi connectivity index (χ3v) is 5.05. The molecule has 3 heteroatoms. The number of hydrogen-bond donors (Lipinski definition) is 1. The Morgan fingerprint density at radius 1 is 1.16 bits per heavy atom. The van der Waals surface area contributed by atoms with Gasteiger partial charge in [-0.25, -0.2) is 0 Å². The molecule has 0 bridgehead atoms. The minimum absolute atomic E-state index is 0.190. The Labute approximate surface area is 119 Å². The number of hydrogen-bond acceptors (Lipinski definition) is 3. The van der Waals surface area contributed by atoms with E-state index in [1.807, 2.05) is 6.92 Å². The summed E-state index contributed by atoms with van der Waals surface area (Å²) in [6.45, 7) is 16.7. The van der Waals surface area contributed by atoms with Crippen LogP contribution in [0.15, 0.2) is 0 Å². The van der Waals surface area contributed by atoms with Crippen molar-refractivity contribution in [3.8, 4) is 0 Å². The van der Waals surface area contributed by atoms with Crippen LogP contribution >= 0.6 is 0 Å². The van der Waals surface area contributed by atoms with E-state index < -0.39 is 5.60 Å². The Hall–Kier alpha value is -0.120. The largest absolute Gasteiger partial charge is 0.389 e. The topological polar surface area (TPSA) is 26.7 Å². The minimum Gasteiger partial charge on any atom is -0.389 e. The van der Waals surface area contributed by atoms with Crippen molar-refractivity contribution in [1.82, 2.24) is 9.80 Å². The SMILES string of the molecule is CC1(O)CCN(C(C)(C)CC2CCN2C(C)(C)C)C1. The normalized spacial score (nSPS) is 34.6. The average molecular weight is 268 g/mol. The maximum Gasteiger partial charge on any atom is 0.0758 e. The molecule has 0 radical (unpaired) electrons. The van der Waals surface area contributed by atoms with Crippen molar-refractivity contribution >= 4 is 0 Å². The quantitative estimate of drug-likeness (QED) is 0.852. The highest BCUT2D eigenvalue weighted by molar-refractivity contribution is 5.00. The van der Waals surface area contributed by atoms with Gasteiger partial charge in [0.15, 0.2) is 0 Å². The average Bonchev–Trinajstić information content (AvgIpc) is 2.52. The number of nitrogens with zero attached hydrogens (tertiary/aromatic N) is 2. The van der Waals surface area contributed by atoms with Crippen LogP contribution in [-0.2, 0) is 0 Å². The third kappa shape index (κ3) is 3.32. The second-order valence-corrected chi connectivity index (χ2v) is 8.49. The highest BCUT2D eigenvalue weighted by Crippen LogP contribution is 2.36. The molecular formula is C16H32N2O. The fourth-order valence-corrected chi connectivity index (χ4v) is 3.70. The van der Waals surface area contributed by atoms with Crippen molar-refractivity contribution in [2.45, 2.75) is 83.5 Å². The number of rotatable bonds is 3. The van der Waals surface area contributed by atoms with E-state index in [1.165, 1.54) is 19.4 Å². The van der Waals surface area contributed by atoms with E-state index >= 15 is 0 Å². The molecule has 0 aromatic carbocycles. The summed E-state index contributed by atoms with van der Waals surface area (Å²) >= 11 is 0. The van der Waals surface area contributed by atoms with Crippen molar-refractivity contribution < 1.29 is 5.11 Å². The van der Waals surface area contributed by atoms with Crippen LogP contribution in [0.2, 0.25) is 0 Å². The first-order valence-electron chi connectivity index (χ1n) is 7.75. The second kappa shape index (κ2) is 4.71. The maximum atomic E-state index is 10.2. The van der Waals surface area contributed by atoms with Crippen LogP contribution in [0, 0.1) is 0 Å². The van der Waals surface area contributed by atoms with Gasteiger partial charge in [0.05, 0.1) is 5.60 Å². The summed E-state index contributed by atoms with van der Waals surface area (Å²) in [6, 6.07) is 0.709. The monoisotopic (exact) mass is 268 g/mol. The smallest absolute Gasteiger partial charge is 0.0758 e. The Morgan fingerprint density at radius 3 is 2.16 bits per heavy atom. The molecule has 0 amide bonds. The lowest BCUT2D eigenvalue weighted by molar-refractivity contribution is -0.0330. The summed E-state index contributed by atoms with van der Waals surface area (Å²) in [5.74, 6) is 0. The number of β-amino-alcohol motifs (C(OH)–C–C–N with tert-alkyl or cyclic N) is 1. The highest BCUT2D eigenvalue weighted by Gasteiger charge is 2.43. The van der Waals surface area contributed by atoms with E-state index in [4.69, 9.17) is 0 Å². The minimum atomic E-state index is -0.486. The van der Waals surface area contributed by atoms with Crippen molar-refractivity contribution in [2.24, 2.45) is 0 Å². The third-order valence-electron chi connectivity index (χ3n) is 5.05. The first kappa shape index (κ1) is 15.3. The predicted molar refractivity (Wildman–Crippen MR) is 80.4 cm³/mol. The highest BCUT2D eigenvalue weighted by atomic mass is 16.3. The van der Waals surface area contributed by atoms with Crippen LogP contribution in [0.4, 0.5) is 0 Å². The molecule has 1 N–H and O–H groups in total. The molecule has 2 fully saturated rings. The van der Waals surface area contributed by atoms with Crippen molar-refractivity contribution in [3.63, 3.8) is 0 Å². The van der Waals surface area contributed by atoms with E-state index in [9.17, 15) is 5.11 Å². The van der Waals surface area contributed by atoms with E-state index in [2.05, 4.69) is 44.4 Å². The molecule has 19 heavy (non-hydrogen) atoms. The van der Waals surface area contributed by atoms with Gasteiger partial charge in [0.1, 0.15) is 0 Å². The molecule has 0 aliphatic carbocycles. The molecule has 2 rings (SSSR count). The van der Waals surface area contributed by atoms with Gasteiger partial charge in [-0.3, -0.25) is 9.80 Å². The van der Waals surface area contributed by atoms with Gasteiger partial charge in [-0.2, -0.15) is 0 Å². The molecule has 0 aromatic rings. The molecule has 2 aliphatic heterocycles. The molecule has 112 valence electrons. The molecule has 2 aliphatic rings. The van der Waals surface area contributed by atoms with Gasteiger partial charge >= 0.3 is 0 Å². The van der Waals surface area contributed by atoms with Crippen molar-refractivity contribution in [3.05, 3.63) is 0 Å². The molecule has 2 heterocycles. The molecule has 3 nitrogen and oxygen atoms in total. The second-order valence-electron chi connectivity index (χ2n) is 8.49. The summed E-state index contributed by atoms with van der Waals surface area (Å²) in [5, 5.41) is 10.2. The zero-order valence-corrected chi connectivity index (χ0v) is 13.7. The van der Waals surface area contributed by atoms with Gasteiger partial charge in [0.2, 0.25) is 0 Å². The summed E-state index contributed by atoms with van der Waals surface area (Å²) in [6.07, 6.45) is 3.44. The van der Waals surface area contributed by atoms with Gasteiger partial charge in [-0.15, -0.1) is 0 Å². The summed E-state index contributed by atoms with van der Waals surface area (Å²) in [5.41, 5.74) is -0.00876. The van der Waals surface area contributed by atoms with Gasteiger partial charge < -0.3 is 5.11 Å². The lowest BCUT2D eigenvalue weighted by Gasteiger charge is -2.53. The van der Waals surface area contributed by atoms with E-state index in [1.54, 1.807) is 0 Å². The molecule has 2 unspecified atom stereocenters. The van der Waals surface area contributed by atoms with Crippen LogP contribution in [0.5, 0.6) is 0 Å². The lowest BCUT2D eigenvalue weighted by Crippen LogP contribution is -2.60. The lowest BCUT2D eigenvalue weighted by atomic mass is 9.84. The Bertz CT molecular complexity index is 330. The first-order chi connectivity index (χ1) is 8.51. The summed E-state index contributed by atoms with van der Waals surface area (Å²) in [7, 11) is 0. The van der Waals surface area contributed by atoms with Crippen LogP contribution in [0.3, 0.4) is 0 Å². The zero-order chi connectivity index (χ0) is 14.5. The Balaban J connectivity index is 1.95. The van der Waals surface area contributed by atoms with Crippen LogP contribution in [-0.4, -0.2) is 57.3 Å².